The third-order valence-corrected chi connectivity index (χ3v) is 2.95. The number of phenolic OH excluding ortho intramolecular Hbond substituents is 1. The predicted octanol–water partition coefficient (Wildman–Crippen LogP) is 4.25. The van der Waals surface area contributed by atoms with Crippen molar-refractivity contribution in [2.75, 3.05) is 6.61 Å². The maximum absolute atomic E-state index is 13.0. The highest BCUT2D eigenvalue weighted by atomic mass is 19.4. The van der Waals surface area contributed by atoms with E-state index in [-0.39, 0.29) is 23.5 Å². The number of hydrogen-bond donors (Lipinski definition) is 1. The minimum absolute atomic E-state index is 0.0660. The number of alkyl halides is 3. The van der Waals surface area contributed by atoms with Crippen LogP contribution in [0.5, 0.6) is 5.75 Å². The summed E-state index contributed by atoms with van der Waals surface area (Å²) in [6, 6.07) is 8.77. The van der Waals surface area contributed by atoms with Crippen molar-refractivity contribution in [3.8, 4) is 16.9 Å². The van der Waals surface area contributed by atoms with E-state index in [9.17, 15) is 23.1 Å². The summed E-state index contributed by atoms with van der Waals surface area (Å²) in [5.41, 5.74) is -0.586. The summed E-state index contributed by atoms with van der Waals surface area (Å²) in [5.74, 6) is -0.900. The lowest BCUT2D eigenvalue weighted by molar-refractivity contribution is -0.137. The maximum atomic E-state index is 13.0. The molecule has 6 heteroatoms. The molecular weight excluding hydrogens is 297 g/mol. The number of ether oxygens (including phenoxy) is 1. The zero-order valence-electron chi connectivity index (χ0n) is 11.6. The fourth-order valence-electron chi connectivity index (χ4n) is 1.98. The van der Waals surface area contributed by atoms with Crippen molar-refractivity contribution < 1.29 is 27.8 Å². The molecule has 0 radical (unpaired) electrons. The van der Waals surface area contributed by atoms with Crippen molar-refractivity contribution in [1.82, 2.24) is 0 Å². The zero-order chi connectivity index (χ0) is 16.3. The Morgan fingerprint density at radius 1 is 1.14 bits per heavy atom. The second-order valence-corrected chi connectivity index (χ2v) is 4.57. The van der Waals surface area contributed by atoms with Gasteiger partial charge in [-0.15, -0.1) is 0 Å². The Morgan fingerprint density at radius 2 is 1.86 bits per heavy atom. The first kappa shape index (κ1) is 15.9. The van der Waals surface area contributed by atoms with E-state index in [1.165, 1.54) is 24.3 Å². The SMILES string of the molecule is CCOC(=O)c1cc(-c2cccc(O)c2)cc(C(F)(F)F)c1. The first-order valence-corrected chi connectivity index (χ1v) is 6.50. The van der Waals surface area contributed by atoms with Gasteiger partial charge in [0, 0.05) is 0 Å². The van der Waals surface area contributed by atoms with Gasteiger partial charge in [-0.2, -0.15) is 13.2 Å². The van der Waals surface area contributed by atoms with Gasteiger partial charge in [0.15, 0.2) is 0 Å². The molecule has 2 rings (SSSR count). The van der Waals surface area contributed by atoms with E-state index in [1.807, 2.05) is 0 Å². The largest absolute Gasteiger partial charge is 0.508 e. The molecule has 0 bridgehead atoms. The molecule has 0 fully saturated rings. The average molecular weight is 310 g/mol. The lowest BCUT2D eigenvalue weighted by atomic mass is 9.99. The van der Waals surface area contributed by atoms with Gasteiger partial charge in [-0.05, 0) is 48.4 Å². The molecule has 22 heavy (non-hydrogen) atoms. The Hall–Kier alpha value is -2.50. The molecule has 0 aliphatic heterocycles. The lowest BCUT2D eigenvalue weighted by Gasteiger charge is -2.12. The summed E-state index contributed by atoms with van der Waals surface area (Å²) in [4.78, 5) is 11.7. The number of aromatic hydroxyl groups is 1. The molecule has 2 aromatic rings. The number of esters is 1. The molecule has 1 N–H and O–H groups in total. The van der Waals surface area contributed by atoms with Crippen molar-refractivity contribution in [3.05, 3.63) is 53.6 Å². The summed E-state index contributed by atoms with van der Waals surface area (Å²) in [6.45, 7) is 1.64. The summed E-state index contributed by atoms with van der Waals surface area (Å²) in [6.07, 6.45) is -4.59. The molecule has 0 amide bonds. The van der Waals surface area contributed by atoms with Crippen molar-refractivity contribution in [3.63, 3.8) is 0 Å². The molecule has 0 heterocycles. The van der Waals surface area contributed by atoms with Crippen molar-refractivity contribution in [1.29, 1.82) is 0 Å². The van der Waals surface area contributed by atoms with E-state index in [4.69, 9.17) is 4.74 Å². The predicted molar refractivity (Wildman–Crippen MR) is 74.5 cm³/mol. The summed E-state index contributed by atoms with van der Waals surface area (Å²) in [7, 11) is 0. The second kappa shape index (κ2) is 6.09. The smallest absolute Gasteiger partial charge is 0.416 e. The van der Waals surface area contributed by atoms with E-state index in [1.54, 1.807) is 13.0 Å². The molecule has 0 atom stereocenters. The van der Waals surface area contributed by atoms with Crippen LogP contribution in [-0.4, -0.2) is 17.7 Å². The van der Waals surface area contributed by atoms with E-state index in [0.29, 0.717) is 5.56 Å². The van der Waals surface area contributed by atoms with E-state index < -0.39 is 17.7 Å². The highest BCUT2D eigenvalue weighted by molar-refractivity contribution is 5.91. The third kappa shape index (κ3) is 3.58. The van der Waals surface area contributed by atoms with Crippen LogP contribution < -0.4 is 0 Å². The van der Waals surface area contributed by atoms with Crippen LogP contribution in [0.15, 0.2) is 42.5 Å². The van der Waals surface area contributed by atoms with Gasteiger partial charge < -0.3 is 9.84 Å². The summed E-state index contributed by atoms with van der Waals surface area (Å²) >= 11 is 0. The Labute approximate surface area is 125 Å². The number of halogens is 3. The van der Waals surface area contributed by atoms with Crippen molar-refractivity contribution in [2.24, 2.45) is 0 Å². The van der Waals surface area contributed by atoms with Crippen LogP contribution in [0.4, 0.5) is 13.2 Å². The normalized spacial score (nSPS) is 11.3. The van der Waals surface area contributed by atoms with Gasteiger partial charge in [-0.3, -0.25) is 0 Å². The maximum Gasteiger partial charge on any atom is 0.416 e. The molecular formula is C16H13F3O3. The Bertz CT molecular complexity index is 693. The van der Waals surface area contributed by atoms with Crippen LogP contribution >= 0.6 is 0 Å². The zero-order valence-corrected chi connectivity index (χ0v) is 11.6. The van der Waals surface area contributed by atoms with Crippen LogP contribution in [0.25, 0.3) is 11.1 Å². The highest BCUT2D eigenvalue weighted by Crippen LogP contribution is 2.34. The molecule has 0 aliphatic rings. The molecule has 0 unspecified atom stereocenters. The van der Waals surface area contributed by atoms with Gasteiger partial charge in [0.1, 0.15) is 5.75 Å². The minimum Gasteiger partial charge on any atom is -0.508 e. The molecule has 0 spiro atoms. The third-order valence-electron chi connectivity index (χ3n) is 2.95. The van der Waals surface area contributed by atoms with Gasteiger partial charge in [-0.1, -0.05) is 12.1 Å². The number of phenols is 1. The Balaban J connectivity index is 2.58. The van der Waals surface area contributed by atoms with Crippen molar-refractivity contribution >= 4 is 5.97 Å². The van der Waals surface area contributed by atoms with Crippen LogP contribution in [0.1, 0.15) is 22.8 Å². The molecule has 116 valence electrons. The first-order valence-electron chi connectivity index (χ1n) is 6.50. The van der Waals surface area contributed by atoms with E-state index in [2.05, 4.69) is 0 Å². The number of carbonyl (C=O) groups excluding carboxylic acids is 1. The first-order chi connectivity index (χ1) is 10.3. The minimum atomic E-state index is -4.59. The van der Waals surface area contributed by atoms with Gasteiger partial charge in [0.2, 0.25) is 0 Å². The number of carbonyl (C=O) groups is 1. The molecule has 0 saturated carbocycles. The van der Waals surface area contributed by atoms with Gasteiger partial charge in [0.05, 0.1) is 17.7 Å². The Morgan fingerprint density at radius 3 is 2.45 bits per heavy atom. The van der Waals surface area contributed by atoms with Crippen LogP contribution in [0.2, 0.25) is 0 Å². The number of rotatable bonds is 3. The van der Waals surface area contributed by atoms with Gasteiger partial charge >= 0.3 is 12.1 Å². The summed E-state index contributed by atoms with van der Waals surface area (Å²) < 4.78 is 43.7. The standard InChI is InChI=1S/C16H13F3O3/c1-2-22-15(21)12-6-11(7-13(8-12)16(17,18)19)10-4-3-5-14(20)9-10/h3-9,20H,2H2,1H3. The van der Waals surface area contributed by atoms with Crippen LogP contribution in [-0.2, 0) is 10.9 Å². The molecule has 2 aromatic carbocycles. The lowest BCUT2D eigenvalue weighted by Crippen LogP contribution is -2.10. The molecule has 0 aromatic heterocycles. The van der Waals surface area contributed by atoms with Gasteiger partial charge in [-0.25, -0.2) is 4.79 Å². The monoisotopic (exact) mass is 310 g/mol. The van der Waals surface area contributed by atoms with Gasteiger partial charge in [0.25, 0.3) is 0 Å². The fourth-order valence-corrected chi connectivity index (χ4v) is 1.98. The Kier molecular flexibility index (Phi) is 4.40. The number of hydrogen-bond acceptors (Lipinski definition) is 3. The van der Waals surface area contributed by atoms with E-state index in [0.717, 1.165) is 12.1 Å². The molecule has 3 nitrogen and oxygen atoms in total. The quantitative estimate of drug-likeness (QED) is 0.862. The molecule has 0 aliphatic carbocycles. The van der Waals surface area contributed by atoms with Crippen molar-refractivity contribution in [2.45, 2.75) is 13.1 Å². The fraction of sp³-hybridized carbons (Fsp3) is 0.188. The number of benzene rings is 2. The average Bonchev–Trinajstić information content (AvgIpc) is 2.46. The van der Waals surface area contributed by atoms with E-state index >= 15 is 0 Å². The topological polar surface area (TPSA) is 46.5 Å². The second-order valence-electron chi connectivity index (χ2n) is 4.57. The van der Waals surface area contributed by atoms with Crippen LogP contribution in [0, 0.1) is 0 Å². The molecule has 0 saturated heterocycles. The van der Waals surface area contributed by atoms with Crippen LogP contribution in [0.3, 0.4) is 0 Å². The summed E-state index contributed by atoms with van der Waals surface area (Å²) in [5, 5.41) is 9.45. The highest BCUT2D eigenvalue weighted by Gasteiger charge is 2.32.